The lowest BCUT2D eigenvalue weighted by molar-refractivity contribution is -0.0106. The predicted molar refractivity (Wildman–Crippen MR) is 73.3 cm³/mol. The number of hydrogen-bond acceptors (Lipinski definition) is 3. The average molecular weight is 250 g/mol. The van der Waals surface area contributed by atoms with Crippen LogP contribution in [0.5, 0.6) is 0 Å². The van der Waals surface area contributed by atoms with E-state index in [-0.39, 0.29) is 0 Å². The lowest BCUT2D eigenvalue weighted by Crippen LogP contribution is -2.49. The van der Waals surface area contributed by atoms with Crippen molar-refractivity contribution in [2.45, 2.75) is 44.6 Å². The minimum atomic E-state index is 0.419. The standard InChI is InChI=1S/C14H22N2S/c15-7-12-8-17-13(16-12)14-4-9-1-10(5-14)3-11(2-9)6-14/h9-12H,1-8,15H2. The van der Waals surface area contributed by atoms with Gasteiger partial charge in [-0.2, -0.15) is 0 Å². The highest BCUT2D eigenvalue weighted by molar-refractivity contribution is 8.14. The summed E-state index contributed by atoms with van der Waals surface area (Å²) in [6, 6.07) is 0.419. The molecule has 0 amide bonds. The van der Waals surface area contributed by atoms with Crippen molar-refractivity contribution in [2.24, 2.45) is 33.9 Å². The summed E-state index contributed by atoms with van der Waals surface area (Å²) in [5, 5.41) is 1.51. The van der Waals surface area contributed by atoms with Gasteiger partial charge in [-0.25, -0.2) is 0 Å². The Hall–Kier alpha value is -0.0200. The molecule has 0 radical (unpaired) electrons. The van der Waals surface area contributed by atoms with Gasteiger partial charge in [0.25, 0.3) is 0 Å². The van der Waals surface area contributed by atoms with Crippen molar-refractivity contribution in [3.05, 3.63) is 0 Å². The zero-order chi connectivity index (χ0) is 11.5. The van der Waals surface area contributed by atoms with Gasteiger partial charge in [-0.15, -0.1) is 11.8 Å². The largest absolute Gasteiger partial charge is 0.328 e. The molecule has 17 heavy (non-hydrogen) atoms. The Bertz CT molecular complexity index is 328. The normalized spacial score (nSPS) is 51.9. The van der Waals surface area contributed by atoms with E-state index in [1.54, 1.807) is 0 Å². The fourth-order valence-electron chi connectivity index (χ4n) is 5.20. The summed E-state index contributed by atoms with van der Waals surface area (Å²) in [7, 11) is 0. The molecule has 0 saturated heterocycles. The molecule has 0 aromatic rings. The quantitative estimate of drug-likeness (QED) is 0.818. The zero-order valence-corrected chi connectivity index (χ0v) is 11.2. The van der Waals surface area contributed by atoms with Gasteiger partial charge >= 0.3 is 0 Å². The zero-order valence-electron chi connectivity index (χ0n) is 10.4. The molecule has 0 aromatic heterocycles. The van der Waals surface area contributed by atoms with E-state index in [2.05, 4.69) is 0 Å². The van der Waals surface area contributed by atoms with Crippen molar-refractivity contribution in [2.75, 3.05) is 12.3 Å². The molecule has 1 unspecified atom stereocenters. The Kier molecular flexibility index (Phi) is 2.39. The van der Waals surface area contributed by atoms with E-state index in [1.807, 2.05) is 11.8 Å². The summed E-state index contributed by atoms with van der Waals surface area (Å²) in [6.45, 7) is 0.739. The minimum absolute atomic E-state index is 0.419. The topological polar surface area (TPSA) is 38.4 Å². The Morgan fingerprint density at radius 2 is 1.71 bits per heavy atom. The first-order chi connectivity index (χ1) is 8.27. The molecule has 2 nitrogen and oxygen atoms in total. The minimum Gasteiger partial charge on any atom is -0.328 e. The van der Waals surface area contributed by atoms with Crippen LogP contribution in [-0.2, 0) is 0 Å². The van der Waals surface area contributed by atoms with E-state index in [9.17, 15) is 0 Å². The van der Waals surface area contributed by atoms with E-state index in [4.69, 9.17) is 10.7 Å². The summed E-state index contributed by atoms with van der Waals surface area (Å²) in [4.78, 5) is 4.95. The second-order valence-corrected chi connectivity index (χ2v) is 7.84. The van der Waals surface area contributed by atoms with Crippen LogP contribution in [0.15, 0.2) is 4.99 Å². The highest BCUT2D eigenvalue weighted by Crippen LogP contribution is 2.62. The molecule has 3 heteroatoms. The second kappa shape index (κ2) is 3.74. The molecular weight excluding hydrogens is 228 g/mol. The van der Waals surface area contributed by atoms with E-state index < -0.39 is 0 Å². The van der Waals surface area contributed by atoms with Crippen molar-refractivity contribution in [3.8, 4) is 0 Å². The molecule has 5 aliphatic rings. The molecule has 0 spiro atoms. The van der Waals surface area contributed by atoms with Gasteiger partial charge in [-0.1, -0.05) is 0 Å². The number of thioether (sulfide) groups is 1. The fraction of sp³-hybridized carbons (Fsp3) is 0.929. The number of nitrogens with zero attached hydrogens (tertiary/aromatic N) is 1. The molecule has 2 N–H and O–H groups in total. The molecule has 4 fully saturated rings. The smallest absolute Gasteiger partial charge is 0.0743 e. The molecule has 4 saturated carbocycles. The van der Waals surface area contributed by atoms with Crippen molar-refractivity contribution in [1.82, 2.24) is 0 Å². The highest BCUT2D eigenvalue weighted by Gasteiger charge is 2.54. The van der Waals surface area contributed by atoms with Gasteiger partial charge < -0.3 is 5.73 Å². The van der Waals surface area contributed by atoms with Crippen LogP contribution in [0.25, 0.3) is 0 Å². The van der Waals surface area contributed by atoms with Gasteiger partial charge in [0.2, 0.25) is 0 Å². The third-order valence-corrected chi connectivity index (χ3v) is 6.84. The maximum absolute atomic E-state index is 5.77. The molecule has 4 aliphatic carbocycles. The van der Waals surface area contributed by atoms with Gasteiger partial charge in [-0.3, -0.25) is 4.99 Å². The van der Waals surface area contributed by atoms with Crippen molar-refractivity contribution in [3.63, 3.8) is 0 Å². The lowest BCUT2D eigenvalue weighted by atomic mass is 9.50. The van der Waals surface area contributed by atoms with Gasteiger partial charge in [0.15, 0.2) is 0 Å². The van der Waals surface area contributed by atoms with E-state index in [0.29, 0.717) is 11.5 Å². The number of nitrogens with two attached hydrogens (primary N) is 1. The Morgan fingerprint density at radius 3 is 2.18 bits per heavy atom. The van der Waals surface area contributed by atoms with Gasteiger partial charge in [0, 0.05) is 17.7 Å². The van der Waals surface area contributed by atoms with Crippen LogP contribution in [-0.4, -0.2) is 23.4 Å². The van der Waals surface area contributed by atoms with E-state index in [0.717, 1.165) is 30.1 Å². The molecule has 0 aromatic carbocycles. The molecule has 1 aliphatic heterocycles. The third-order valence-electron chi connectivity index (χ3n) is 5.48. The Balaban J connectivity index is 1.64. The van der Waals surface area contributed by atoms with Crippen LogP contribution in [0, 0.1) is 23.2 Å². The van der Waals surface area contributed by atoms with Crippen LogP contribution < -0.4 is 5.73 Å². The van der Waals surface area contributed by atoms with Crippen molar-refractivity contribution in [1.29, 1.82) is 0 Å². The number of aliphatic imine (C=N–C) groups is 1. The molecule has 5 rings (SSSR count). The molecule has 1 heterocycles. The first-order valence-corrected chi connectivity index (χ1v) is 8.17. The summed E-state index contributed by atoms with van der Waals surface area (Å²) in [5.74, 6) is 4.23. The molecule has 4 bridgehead atoms. The average Bonchev–Trinajstić information content (AvgIpc) is 2.76. The summed E-state index contributed by atoms with van der Waals surface area (Å²) in [5.41, 5.74) is 6.28. The summed E-state index contributed by atoms with van der Waals surface area (Å²) in [6.07, 6.45) is 8.92. The number of rotatable bonds is 2. The fourth-order valence-corrected chi connectivity index (χ4v) is 6.54. The number of hydrogen-bond donors (Lipinski definition) is 1. The van der Waals surface area contributed by atoms with Crippen LogP contribution in [0.4, 0.5) is 0 Å². The second-order valence-electron chi connectivity index (χ2n) is 6.83. The van der Waals surface area contributed by atoms with Gasteiger partial charge in [-0.05, 0) is 56.3 Å². The summed E-state index contributed by atoms with van der Waals surface area (Å²) >= 11 is 2.03. The SMILES string of the molecule is NCC1CSC(C23CC4CC(CC(C4)C2)C3)=N1. The van der Waals surface area contributed by atoms with Crippen LogP contribution in [0.2, 0.25) is 0 Å². The first-order valence-electron chi connectivity index (χ1n) is 7.18. The van der Waals surface area contributed by atoms with Crippen molar-refractivity contribution >= 4 is 16.8 Å². The van der Waals surface area contributed by atoms with E-state index >= 15 is 0 Å². The van der Waals surface area contributed by atoms with Gasteiger partial charge in [0.05, 0.1) is 11.1 Å². The maximum Gasteiger partial charge on any atom is 0.0743 e. The molecule has 94 valence electrons. The van der Waals surface area contributed by atoms with Crippen LogP contribution in [0.1, 0.15) is 38.5 Å². The maximum atomic E-state index is 5.77. The summed E-state index contributed by atoms with van der Waals surface area (Å²) < 4.78 is 0. The Labute approximate surface area is 108 Å². The van der Waals surface area contributed by atoms with E-state index in [1.165, 1.54) is 43.6 Å². The predicted octanol–water partition coefficient (Wildman–Crippen LogP) is 2.68. The highest BCUT2D eigenvalue weighted by atomic mass is 32.2. The third kappa shape index (κ3) is 1.61. The van der Waals surface area contributed by atoms with Gasteiger partial charge in [0.1, 0.15) is 0 Å². The van der Waals surface area contributed by atoms with Crippen molar-refractivity contribution < 1.29 is 0 Å². The lowest BCUT2D eigenvalue weighted by Gasteiger charge is -2.56. The molecular formula is C14H22N2S. The first kappa shape index (κ1) is 10.9. The Morgan fingerprint density at radius 1 is 1.12 bits per heavy atom. The molecule has 1 atom stereocenters. The monoisotopic (exact) mass is 250 g/mol. The van der Waals surface area contributed by atoms with Crippen LogP contribution in [0.3, 0.4) is 0 Å². The van der Waals surface area contributed by atoms with Crippen LogP contribution >= 0.6 is 11.8 Å².